The summed E-state index contributed by atoms with van der Waals surface area (Å²) in [6.07, 6.45) is 18.5. The van der Waals surface area contributed by atoms with Gasteiger partial charge in [-0.15, -0.1) is 0 Å². The SMILES string of the molecule is CCc1cc(C(C)(c2ccc(N3COc4ccc(C56CC7CC(CC(C7)C5)C6)cc4C3)cc2)P2(=O)Oc3ccccc3-c3ccccc32)cc(CC)c1N1COc2ccc(C34CC5CC(CC(C5)C3)C4)cc2C1. The number of benzene rings is 6. The summed E-state index contributed by atoms with van der Waals surface area (Å²) in [6, 6.07) is 44.5. The Morgan fingerprint density at radius 2 is 1.01 bits per heavy atom. The topological polar surface area (TPSA) is 51.2 Å². The van der Waals surface area contributed by atoms with Crippen molar-refractivity contribution in [1.82, 2.24) is 0 Å². The van der Waals surface area contributed by atoms with Gasteiger partial charge in [0.2, 0.25) is 0 Å². The highest BCUT2D eigenvalue weighted by atomic mass is 31.2. The molecule has 0 saturated heterocycles. The second-order valence-corrected chi connectivity index (χ2v) is 27.8. The van der Waals surface area contributed by atoms with Crippen molar-refractivity contribution < 1.29 is 18.6 Å². The number of ether oxygens (including phenoxy) is 2. The summed E-state index contributed by atoms with van der Waals surface area (Å²) in [7, 11) is -3.78. The van der Waals surface area contributed by atoms with Crippen LogP contribution in [-0.2, 0) is 46.5 Å². The number of hydrogen-bond donors (Lipinski definition) is 0. The fourth-order valence-corrected chi connectivity index (χ4v) is 21.1. The van der Waals surface area contributed by atoms with E-state index in [1.165, 1.54) is 105 Å². The van der Waals surface area contributed by atoms with Crippen LogP contribution in [0.15, 0.2) is 121 Å². The van der Waals surface area contributed by atoms with Crippen LogP contribution in [0.2, 0.25) is 0 Å². The Hall–Kier alpha value is -5.45. The zero-order valence-electron chi connectivity index (χ0n) is 43.2. The summed E-state index contributed by atoms with van der Waals surface area (Å²) in [5.74, 6) is 8.15. The molecule has 0 amide bonds. The zero-order valence-corrected chi connectivity index (χ0v) is 44.1. The lowest BCUT2D eigenvalue weighted by atomic mass is 9.48. The van der Waals surface area contributed by atoms with Gasteiger partial charge in [0.25, 0.3) is 7.37 Å². The summed E-state index contributed by atoms with van der Waals surface area (Å²) < 4.78 is 37.3. The van der Waals surface area contributed by atoms with Crippen LogP contribution >= 0.6 is 7.37 Å². The molecule has 0 aromatic heterocycles. The van der Waals surface area contributed by atoms with Crippen molar-refractivity contribution in [3.63, 3.8) is 0 Å². The van der Waals surface area contributed by atoms with Crippen molar-refractivity contribution in [2.45, 2.75) is 140 Å². The fraction of sp³-hybridized carbons (Fsp3) is 0.455. The summed E-state index contributed by atoms with van der Waals surface area (Å²) >= 11 is 0. The van der Waals surface area contributed by atoms with E-state index < -0.39 is 12.5 Å². The molecule has 17 rings (SSSR count). The monoisotopic (exact) mass is 987 g/mol. The van der Waals surface area contributed by atoms with E-state index in [1.54, 1.807) is 11.1 Å². The minimum Gasteiger partial charge on any atom is -0.473 e. The highest BCUT2D eigenvalue weighted by molar-refractivity contribution is 7.69. The minimum atomic E-state index is -3.78. The normalized spacial score (nSPS) is 31.6. The molecule has 8 aliphatic carbocycles. The molecule has 0 N–H and O–H groups in total. The van der Waals surface area contributed by atoms with Crippen molar-refractivity contribution in [2.75, 3.05) is 23.3 Å². The molecule has 8 saturated carbocycles. The van der Waals surface area contributed by atoms with Gasteiger partial charge in [-0.2, -0.15) is 0 Å². The lowest BCUT2D eigenvalue weighted by molar-refractivity contribution is -0.00538. The Labute approximate surface area is 433 Å². The zero-order chi connectivity index (χ0) is 48.8. The Morgan fingerprint density at radius 1 is 0.534 bits per heavy atom. The van der Waals surface area contributed by atoms with Gasteiger partial charge in [0, 0.05) is 41.2 Å². The molecule has 2 atom stereocenters. The lowest BCUT2D eigenvalue weighted by Gasteiger charge is -2.57. The van der Waals surface area contributed by atoms with Crippen LogP contribution < -0.4 is 29.1 Å². The van der Waals surface area contributed by atoms with Gasteiger partial charge in [0.05, 0.1) is 5.30 Å². The third kappa shape index (κ3) is 6.89. The van der Waals surface area contributed by atoms with Crippen molar-refractivity contribution in [1.29, 1.82) is 0 Å². The molecule has 8 bridgehead atoms. The standard InChI is InChI=1S/C66H71N2O4P/c1-4-48-28-55(29-49(5-2)63(48)68-39-51-31-54(17-21-60(51)71-41-68)66-35-45-25-46(36-66)27-47(26-45)37-66)64(3,73(69)62-13-9-7-11-58(62)57-10-6-8-12-61(57)72-73)52-14-18-56(19-15-52)67-38-50-30-53(16-20-59(50)70-40-67)65-32-42-22-43(33-65)24-44(23-42)34-65/h6-21,28-31,42-47H,4-5,22-27,32-41H2,1-3H3. The van der Waals surface area contributed by atoms with Crippen molar-refractivity contribution in [3.05, 3.63) is 166 Å². The van der Waals surface area contributed by atoms with Crippen LogP contribution in [0.3, 0.4) is 0 Å². The lowest BCUT2D eigenvalue weighted by Crippen LogP contribution is -2.48. The predicted molar refractivity (Wildman–Crippen MR) is 294 cm³/mol. The number of aryl methyl sites for hydroxylation is 2. The first-order valence-electron chi connectivity index (χ1n) is 28.4. The van der Waals surface area contributed by atoms with Crippen molar-refractivity contribution in [2.24, 2.45) is 35.5 Å². The molecule has 8 fully saturated rings. The van der Waals surface area contributed by atoms with Crippen molar-refractivity contribution >= 4 is 24.0 Å². The molecule has 6 aromatic rings. The van der Waals surface area contributed by atoms with Gasteiger partial charge < -0.3 is 23.8 Å². The van der Waals surface area contributed by atoms with E-state index in [4.69, 9.17) is 14.0 Å². The van der Waals surface area contributed by atoms with Crippen molar-refractivity contribution in [3.8, 4) is 28.4 Å². The van der Waals surface area contributed by atoms with E-state index >= 15 is 4.57 Å². The van der Waals surface area contributed by atoms with E-state index in [1.807, 2.05) is 24.3 Å². The molecule has 0 spiro atoms. The van der Waals surface area contributed by atoms with Crippen LogP contribution in [0.4, 0.5) is 11.4 Å². The Morgan fingerprint density at radius 3 is 1.55 bits per heavy atom. The molecule has 374 valence electrons. The molecule has 3 heterocycles. The quantitative estimate of drug-likeness (QED) is 0.135. The van der Waals surface area contributed by atoms with E-state index in [9.17, 15) is 0 Å². The smallest absolute Gasteiger partial charge is 0.292 e. The van der Waals surface area contributed by atoms with E-state index in [0.29, 0.717) is 30.0 Å². The van der Waals surface area contributed by atoms with Gasteiger partial charge in [0.15, 0.2) is 13.5 Å². The molecular formula is C66H71N2O4P. The Kier molecular flexibility index (Phi) is 10.2. The highest BCUT2D eigenvalue weighted by Crippen LogP contribution is 2.70. The Balaban J connectivity index is 0.795. The maximum absolute atomic E-state index is 16.9. The maximum atomic E-state index is 16.9. The van der Waals surface area contributed by atoms with Crippen LogP contribution in [0.5, 0.6) is 17.2 Å². The van der Waals surface area contributed by atoms with Crippen LogP contribution in [0.25, 0.3) is 11.1 Å². The van der Waals surface area contributed by atoms with Gasteiger partial charge in [-0.05, 0) is 231 Å². The Bertz CT molecular complexity index is 3150. The summed E-state index contributed by atoms with van der Waals surface area (Å²) in [5, 5.41) is -0.288. The maximum Gasteiger partial charge on any atom is 0.292 e. The van der Waals surface area contributed by atoms with E-state index in [2.05, 4.69) is 128 Å². The largest absolute Gasteiger partial charge is 0.473 e. The third-order valence-corrected chi connectivity index (χ3v) is 24.0. The molecular weight excluding hydrogens is 916 g/mol. The van der Waals surface area contributed by atoms with Gasteiger partial charge in [-0.25, -0.2) is 0 Å². The first kappa shape index (κ1) is 45.0. The number of rotatable bonds is 9. The third-order valence-electron chi connectivity index (χ3n) is 20.8. The molecule has 73 heavy (non-hydrogen) atoms. The number of nitrogens with zero attached hydrogens (tertiary/aromatic N) is 2. The minimum absolute atomic E-state index is 0.335. The second-order valence-electron chi connectivity index (χ2n) is 25.1. The molecule has 3 aliphatic heterocycles. The summed E-state index contributed by atoms with van der Waals surface area (Å²) in [4.78, 5) is 4.84. The van der Waals surface area contributed by atoms with Crippen LogP contribution in [0, 0.1) is 35.5 Å². The first-order chi connectivity index (χ1) is 35.6. The summed E-state index contributed by atoms with van der Waals surface area (Å²) in [6.45, 7) is 9.34. The predicted octanol–water partition coefficient (Wildman–Crippen LogP) is 15.4. The van der Waals surface area contributed by atoms with Gasteiger partial charge in [-0.3, -0.25) is 4.57 Å². The molecule has 7 heteroatoms. The molecule has 0 radical (unpaired) electrons. The number of fused-ring (bicyclic) bond motifs is 5. The van der Waals surface area contributed by atoms with E-state index in [-0.39, 0.29) is 0 Å². The van der Waals surface area contributed by atoms with E-state index in [0.717, 1.165) is 106 Å². The highest BCUT2D eigenvalue weighted by Gasteiger charge is 2.56. The molecule has 6 aromatic carbocycles. The van der Waals surface area contributed by atoms with Crippen LogP contribution in [-0.4, -0.2) is 13.5 Å². The van der Waals surface area contributed by atoms with Gasteiger partial charge in [-0.1, -0.05) is 86.6 Å². The second kappa shape index (κ2) is 16.5. The average Bonchev–Trinajstić information content (AvgIpc) is 3.41. The van der Waals surface area contributed by atoms with Gasteiger partial charge >= 0.3 is 0 Å². The fourth-order valence-electron chi connectivity index (χ4n) is 18.1. The number of anilines is 2. The number of para-hydroxylation sites is 1. The molecule has 11 aliphatic rings. The number of hydrogen-bond acceptors (Lipinski definition) is 6. The van der Waals surface area contributed by atoms with Crippen LogP contribution in [0.1, 0.15) is 142 Å². The molecule has 6 nitrogen and oxygen atoms in total. The first-order valence-corrected chi connectivity index (χ1v) is 30.0. The average molecular weight is 987 g/mol. The van der Waals surface area contributed by atoms with Gasteiger partial charge in [0.1, 0.15) is 22.4 Å². The summed E-state index contributed by atoms with van der Waals surface area (Å²) in [5.41, 5.74) is 15.2. The molecule has 2 unspecified atom stereocenters.